The number of amides is 1. The van der Waals surface area contributed by atoms with Crippen LogP contribution in [-0.2, 0) is 11.3 Å². The molecule has 1 aromatic heterocycles. The Kier molecular flexibility index (Phi) is 6.53. The molecule has 1 aromatic carbocycles. The van der Waals surface area contributed by atoms with Crippen LogP contribution in [0.2, 0.25) is 0 Å². The number of pyridine rings is 1. The van der Waals surface area contributed by atoms with Crippen molar-refractivity contribution in [1.29, 1.82) is 0 Å². The summed E-state index contributed by atoms with van der Waals surface area (Å²) in [6.07, 6.45) is 4.66. The standard InChI is InChI=1S/C18H19N3O4/c1-3-10-25-15-8-7-14(11-16(15)24-2)12-19-20-17(22)13-21-9-5-4-6-18(21)23/h3-9,11-12H,1,10,13H2,2H3,(H,20,22)/b19-12-. The minimum atomic E-state index is -0.401. The van der Waals surface area contributed by atoms with E-state index in [0.717, 1.165) is 5.56 Å². The van der Waals surface area contributed by atoms with Crippen molar-refractivity contribution in [3.05, 3.63) is 71.2 Å². The van der Waals surface area contributed by atoms with Gasteiger partial charge in [-0.15, -0.1) is 0 Å². The number of nitrogens with one attached hydrogen (secondary N) is 1. The SMILES string of the molecule is C=CCOc1ccc(/C=N\NC(=O)Cn2ccccc2=O)cc1OC. The fourth-order valence-electron chi connectivity index (χ4n) is 1.99. The first kappa shape index (κ1) is 18.0. The first-order chi connectivity index (χ1) is 12.1. The highest BCUT2D eigenvalue weighted by molar-refractivity contribution is 5.83. The molecule has 7 nitrogen and oxygen atoms in total. The Labute approximate surface area is 145 Å². The van der Waals surface area contributed by atoms with E-state index in [2.05, 4.69) is 17.1 Å². The van der Waals surface area contributed by atoms with E-state index in [1.54, 1.807) is 42.6 Å². The van der Waals surface area contributed by atoms with Crippen molar-refractivity contribution in [3.63, 3.8) is 0 Å². The van der Waals surface area contributed by atoms with Crippen LogP contribution in [0.5, 0.6) is 11.5 Å². The second-order valence-electron chi connectivity index (χ2n) is 4.97. The molecule has 0 radical (unpaired) electrons. The minimum absolute atomic E-state index is 0.103. The third-order valence-corrected chi connectivity index (χ3v) is 3.16. The van der Waals surface area contributed by atoms with Crippen molar-refractivity contribution in [2.45, 2.75) is 6.54 Å². The van der Waals surface area contributed by atoms with Gasteiger partial charge in [0.1, 0.15) is 13.2 Å². The summed E-state index contributed by atoms with van der Waals surface area (Å²) in [6.45, 7) is 3.86. The maximum atomic E-state index is 11.8. The van der Waals surface area contributed by atoms with Crippen molar-refractivity contribution in [2.24, 2.45) is 5.10 Å². The summed E-state index contributed by atoms with van der Waals surface area (Å²) >= 11 is 0. The average Bonchev–Trinajstić information content (AvgIpc) is 2.62. The molecule has 25 heavy (non-hydrogen) atoms. The summed E-state index contributed by atoms with van der Waals surface area (Å²) in [6, 6.07) is 9.94. The number of ether oxygens (including phenoxy) is 2. The van der Waals surface area contributed by atoms with E-state index in [9.17, 15) is 9.59 Å². The normalized spacial score (nSPS) is 10.4. The Morgan fingerprint density at radius 3 is 2.88 bits per heavy atom. The number of carbonyl (C=O) groups excluding carboxylic acids is 1. The van der Waals surface area contributed by atoms with Gasteiger partial charge >= 0.3 is 0 Å². The molecule has 0 bridgehead atoms. The third-order valence-electron chi connectivity index (χ3n) is 3.16. The molecule has 0 spiro atoms. The van der Waals surface area contributed by atoms with Crippen molar-refractivity contribution in [3.8, 4) is 11.5 Å². The number of benzene rings is 1. The van der Waals surface area contributed by atoms with Gasteiger partial charge in [-0.3, -0.25) is 9.59 Å². The Morgan fingerprint density at radius 1 is 1.32 bits per heavy atom. The van der Waals surface area contributed by atoms with E-state index in [1.165, 1.54) is 24.0 Å². The number of aromatic nitrogens is 1. The second kappa shape index (κ2) is 9.07. The number of carbonyl (C=O) groups is 1. The molecule has 0 unspecified atom stereocenters. The molecule has 1 heterocycles. The first-order valence-corrected chi connectivity index (χ1v) is 7.53. The largest absolute Gasteiger partial charge is 0.493 e. The molecule has 0 aliphatic carbocycles. The van der Waals surface area contributed by atoms with E-state index in [4.69, 9.17) is 9.47 Å². The van der Waals surface area contributed by atoms with Gasteiger partial charge in [0.05, 0.1) is 13.3 Å². The van der Waals surface area contributed by atoms with Gasteiger partial charge in [0, 0.05) is 12.3 Å². The van der Waals surface area contributed by atoms with Gasteiger partial charge in [-0.25, -0.2) is 5.43 Å². The summed E-state index contributed by atoms with van der Waals surface area (Å²) in [7, 11) is 1.54. The van der Waals surface area contributed by atoms with Gasteiger partial charge < -0.3 is 14.0 Å². The van der Waals surface area contributed by atoms with E-state index < -0.39 is 5.91 Å². The smallest absolute Gasteiger partial charge is 0.260 e. The highest BCUT2D eigenvalue weighted by Crippen LogP contribution is 2.27. The van der Waals surface area contributed by atoms with Gasteiger partial charge in [-0.1, -0.05) is 18.7 Å². The topological polar surface area (TPSA) is 81.9 Å². The number of hydrazone groups is 1. The molecule has 1 amide bonds. The van der Waals surface area contributed by atoms with Crippen molar-refractivity contribution in [1.82, 2.24) is 9.99 Å². The van der Waals surface area contributed by atoms with Crippen LogP contribution in [-0.4, -0.2) is 30.4 Å². The lowest BCUT2D eigenvalue weighted by Crippen LogP contribution is -2.28. The van der Waals surface area contributed by atoms with Gasteiger partial charge in [-0.05, 0) is 29.8 Å². The van der Waals surface area contributed by atoms with E-state index in [0.29, 0.717) is 18.1 Å². The summed E-state index contributed by atoms with van der Waals surface area (Å²) < 4.78 is 12.0. The van der Waals surface area contributed by atoms with E-state index in [-0.39, 0.29) is 12.1 Å². The molecule has 130 valence electrons. The molecular formula is C18H19N3O4. The van der Waals surface area contributed by atoms with Crippen LogP contribution < -0.4 is 20.5 Å². The number of rotatable bonds is 8. The summed E-state index contributed by atoms with van der Waals surface area (Å²) in [4.78, 5) is 23.4. The maximum absolute atomic E-state index is 11.8. The molecule has 7 heteroatoms. The van der Waals surface area contributed by atoms with Crippen LogP contribution in [0.1, 0.15) is 5.56 Å². The zero-order valence-electron chi connectivity index (χ0n) is 13.8. The molecule has 0 saturated heterocycles. The van der Waals surface area contributed by atoms with Crippen molar-refractivity contribution in [2.75, 3.05) is 13.7 Å². The zero-order valence-corrected chi connectivity index (χ0v) is 13.8. The maximum Gasteiger partial charge on any atom is 0.260 e. The summed E-state index contributed by atoms with van der Waals surface area (Å²) in [5, 5.41) is 3.88. The lowest BCUT2D eigenvalue weighted by atomic mass is 10.2. The molecule has 0 aliphatic rings. The highest BCUT2D eigenvalue weighted by Gasteiger charge is 2.05. The molecule has 2 rings (SSSR count). The van der Waals surface area contributed by atoms with Crippen molar-refractivity contribution >= 4 is 12.1 Å². The Morgan fingerprint density at radius 2 is 2.16 bits per heavy atom. The quantitative estimate of drug-likeness (QED) is 0.449. The van der Waals surface area contributed by atoms with Crippen LogP contribution in [0, 0.1) is 0 Å². The summed E-state index contributed by atoms with van der Waals surface area (Å²) in [5.41, 5.74) is 2.85. The van der Waals surface area contributed by atoms with Gasteiger partial charge in [0.2, 0.25) is 0 Å². The summed E-state index contributed by atoms with van der Waals surface area (Å²) in [5.74, 6) is 0.738. The van der Waals surface area contributed by atoms with Crippen LogP contribution in [0.15, 0.2) is 65.1 Å². The van der Waals surface area contributed by atoms with Crippen LogP contribution >= 0.6 is 0 Å². The van der Waals surface area contributed by atoms with E-state index in [1.807, 2.05) is 0 Å². The Balaban J connectivity index is 1.97. The lowest BCUT2D eigenvalue weighted by molar-refractivity contribution is -0.121. The Bertz CT molecular complexity index is 827. The van der Waals surface area contributed by atoms with Gasteiger partial charge in [0.15, 0.2) is 11.5 Å². The van der Waals surface area contributed by atoms with Crippen LogP contribution in [0.25, 0.3) is 0 Å². The number of methoxy groups -OCH3 is 1. The second-order valence-corrected chi connectivity index (χ2v) is 4.97. The minimum Gasteiger partial charge on any atom is -0.493 e. The lowest BCUT2D eigenvalue weighted by Gasteiger charge is -2.09. The molecule has 0 aliphatic heterocycles. The fraction of sp³-hybridized carbons (Fsp3) is 0.167. The molecule has 0 fully saturated rings. The number of hydrogen-bond donors (Lipinski definition) is 1. The van der Waals surface area contributed by atoms with Gasteiger partial charge in [0.25, 0.3) is 11.5 Å². The third kappa shape index (κ3) is 5.35. The number of nitrogens with zero attached hydrogens (tertiary/aromatic N) is 2. The van der Waals surface area contributed by atoms with Crippen LogP contribution in [0.4, 0.5) is 0 Å². The molecule has 2 aromatic rings. The van der Waals surface area contributed by atoms with E-state index >= 15 is 0 Å². The highest BCUT2D eigenvalue weighted by atomic mass is 16.5. The monoisotopic (exact) mass is 341 g/mol. The molecule has 0 saturated carbocycles. The first-order valence-electron chi connectivity index (χ1n) is 7.53. The predicted octanol–water partition coefficient (Wildman–Crippen LogP) is 1.57. The average molecular weight is 341 g/mol. The number of hydrogen-bond acceptors (Lipinski definition) is 5. The molecular weight excluding hydrogens is 322 g/mol. The molecule has 1 N–H and O–H groups in total. The Hall–Kier alpha value is -3.35. The van der Waals surface area contributed by atoms with Crippen molar-refractivity contribution < 1.29 is 14.3 Å². The zero-order chi connectivity index (χ0) is 18.1. The van der Waals surface area contributed by atoms with Crippen LogP contribution in [0.3, 0.4) is 0 Å². The fourth-order valence-corrected chi connectivity index (χ4v) is 1.99. The predicted molar refractivity (Wildman–Crippen MR) is 95.1 cm³/mol. The molecule has 0 atom stereocenters. The van der Waals surface area contributed by atoms with Gasteiger partial charge in [-0.2, -0.15) is 5.10 Å².